The lowest BCUT2D eigenvalue weighted by Gasteiger charge is -2.38. The van der Waals surface area contributed by atoms with Crippen LogP contribution in [0.1, 0.15) is 5.56 Å². The molecule has 1 fully saturated rings. The summed E-state index contributed by atoms with van der Waals surface area (Å²) in [4.78, 5) is 2.32. The third-order valence-electron chi connectivity index (χ3n) is 3.00. The van der Waals surface area contributed by atoms with Crippen molar-refractivity contribution >= 4 is 23.2 Å². The largest absolute Gasteiger partial charge is 0.396 e. The lowest BCUT2D eigenvalue weighted by atomic mass is 10.0. The Kier molecular flexibility index (Phi) is 4.09. The molecule has 4 heteroatoms. The second kappa shape index (κ2) is 5.37. The van der Waals surface area contributed by atoms with E-state index < -0.39 is 0 Å². The van der Waals surface area contributed by atoms with Crippen LogP contribution in [-0.2, 0) is 6.42 Å². The summed E-state index contributed by atoms with van der Waals surface area (Å²) in [6.07, 6.45) is 0.914. The monoisotopic (exact) mass is 259 g/mol. The van der Waals surface area contributed by atoms with Crippen molar-refractivity contribution in [2.75, 3.05) is 26.2 Å². The van der Waals surface area contributed by atoms with Gasteiger partial charge in [-0.1, -0.05) is 23.2 Å². The smallest absolute Gasteiger partial charge is 0.0483 e. The lowest BCUT2D eigenvalue weighted by molar-refractivity contribution is 0.0551. The number of hydrogen-bond donors (Lipinski definition) is 1. The van der Waals surface area contributed by atoms with Crippen LogP contribution in [0.15, 0.2) is 18.2 Å². The van der Waals surface area contributed by atoms with Gasteiger partial charge in [0.2, 0.25) is 0 Å². The fraction of sp³-hybridized carbons (Fsp3) is 0.500. The average Bonchev–Trinajstić information content (AvgIpc) is 2.21. The van der Waals surface area contributed by atoms with Crippen LogP contribution in [-0.4, -0.2) is 36.2 Å². The summed E-state index contributed by atoms with van der Waals surface area (Å²) in [5.74, 6) is 0.467. The Bertz CT molecular complexity index is 364. The van der Waals surface area contributed by atoms with E-state index in [9.17, 15) is 0 Å². The van der Waals surface area contributed by atoms with Crippen molar-refractivity contribution in [3.05, 3.63) is 33.8 Å². The molecule has 1 aliphatic heterocycles. The fourth-order valence-electron chi connectivity index (χ4n) is 1.99. The number of likely N-dealkylation sites (tertiary alicyclic amines) is 1. The van der Waals surface area contributed by atoms with Crippen molar-refractivity contribution in [1.29, 1.82) is 0 Å². The molecule has 1 aromatic rings. The molecule has 1 N–H and O–H groups in total. The van der Waals surface area contributed by atoms with Gasteiger partial charge in [0.15, 0.2) is 0 Å². The molecule has 2 rings (SSSR count). The summed E-state index contributed by atoms with van der Waals surface area (Å²) < 4.78 is 0. The Hall–Kier alpha value is -0.280. The molecule has 0 aromatic heterocycles. The van der Waals surface area contributed by atoms with E-state index in [0.29, 0.717) is 12.5 Å². The number of benzene rings is 1. The maximum absolute atomic E-state index is 8.90. The molecular weight excluding hydrogens is 245 g/mol. The van der Waals surface area contributed by atoms with Gasteiger partial charge in [-0.3, -0.25) is 0 Å². The van der Waals surface area contributed by atoms with Crippen molar-refractivity contribution in [1.82, 2.24) is 4.90 Å². The second-order valence-corrected chi connectivity index (χ2v) is 5.14. The number of halogens is 2. The molecule has 0 aliphatic carbocycles. The van der Waals surface area contributed by atoms with Crippen LogP contribution in [0.25, 0.3) is 0 Å². The predicted octanol–water partition coefficient (Wildman–Crippen LogP) is 2.46. The van der Waals surface area contributed by atoms with Crippen LogP contribution in [0.4, 0.5) is 0 Å². The van der Waals surface area contributed by atoms with Gasteiger partial charge in [-0.25, -0.2) is 0 Å². The summed E-state index contributed by atoms with van der Waals surface area (Å²) in [6.45, 7) is 3.27. The van der Waals surface area contributed by atoms with Crippen LogP contribution >= 0.6 is 23.2 Å². The molecule has 1 aliphatic rings. The zero-order valence-electron chi connectivity index (χ0n) is 9.00. The van der Waals surface area contributed by atoms with Gasteiger partial charge >= 0.3 is 0 Å². The van der Waals surface area contributed by atoms with Gasteiger partial charge in [0.05, 0.1) is 0 Å². The molecule has 88 valence electrons. The maximum atomic E-state index is 8.90. The molecule has 0 unspecified atom stereocenters. The Morgan fingerprint density at radius 3 is 2.75 bits per heavy atom. The summed E-state index contributed by atoms with van der Waals surface area (Å²) in [5.41, 5.74) is 1.10. The normalized spacial score (nSPS) is 17.4. The van der Waals surface area contributed by atoms with Crippen LogP contribution in [0.2, 0.25) is 10.0 Å². The minimum absolute atomic E-state index is 0.300. The minimum Gasteiger partial charge on any atom is -0.396 e. The maximum Gasteiger partial charge on any atom is 0.0483 e. The van der Waals surface area contributed by atoms with Crippen molar-refractivity contribution in [3.8, 4) is 0 Å². The zero-order valence-corrected chi connectivity index (χ0v) is 10.5. The molecule has 2 nitrogen and oxygen atoms in total. The van der Waals surface area contributed by atoms with Crippen molar-refractivity contribution in [2.45, 2.75) is 6.42 Å². The third kappa shape index (κ3) is 2.89. The molecule has 0 saturated carbocycles. The summed E-state index contributed by atoms with van der Waals surface area (Å²) >= 11 is 12.0. The molecule has 0 spiro atoms. The Balaban J connectivity index is 1.83. The van der Waals surface area contributed by atoms with E-state index >= 15 is 0 Å². The van der Waals surface area contributed by atoms with Crippen LogP contribution in [0.3, 0.4) is 0 Å². The first-order valence-corrected chi connectivity index (χ1v) is 6.22. The van der Waals surface area contributed by atoms with E-state index in [1.807, 2.05) is 12.1 Å². The van der Waals surface area contributed by atoms with Gasteiger partial charge < -0.3 is 10.0 Å². The number of aliphatic hydroxyl groups excluding tert-OH is 1. The summed E-state index contributed by atoms with van der Waals surface area (Å²) in [7, 11) is 0. The highest BCUT2D eigenvalue weighted by atomic mass is 35.5. The van der Waals surface area contributed by atoms with Crippen molar-refractivity contribution in [3.63, 3.8) is 0 Å². The first kappa shape index (κ1) is 12.2. The van der Waals surface area contributed by atoms with Gasteiger partial charge in [0.1, 0.15) is 0 Å². The highest BCUT2D eigenvalue weighted by Gasteiger charge is 2.25. The molecule has 1 aromatic carbocycles. The number of hydrogen-bond acceptors (Lipinski definition) is 2. The highest BCUT2D eigenvalue weighted by molar-refractivity contribution is 6.33. The van der Waals surface area contributed by atoms with Crippen LogP contribution < -0.4 is 0 Å². The Labute approximate surface area is 106 Å². The van der Waals surface area contributed by atoms with Crippen LogP contribution in [0.5, 0.6) is 0 Å². The Morgan fingerprint density at radius 2 is 2.06 bits per heavy atom. The predicted molar refractivity (Wildman–Crippen MR) is 67.2 cm³/mol. The van der Waals surface area contributed by atoms with Crippen molar-refractivity contribution < 1.29 is 5.11 Å². The van der Waals surface area contributed by atoms with E-state index in [1.165, 1.54) is 0 Å². The van der Waals surface area contributed by atoms with Gasteiger partial charge in [-0.15, -0.1) is 0 Å². The van der Waals surface area contributed by atoms with E-state index in [1.54, 1.807) is 6.07 Å². The highest BCUT2D eigenvalue weighted by Crippen LogP contribution is 2.22. The molecule has 0 radical (unpaired) electrons. The third-order valence-corrected chi connectivity index (χ3v) is 3.60. The van der Waals surface area contributed by atoms with Crippen molar-refractivity contribution in [2.24, 2.45) is 5.92 Å². The molecular formula is C12H15Cl2NO. The lowest BCUT2D eigenvalue weighted by Crippen LogP contribution is -2.48. The summed E-state index contributed by atoms with van der Waals surface area (Å²) in [5, 5.41) is 10.4. The van der Waals surface area contributed by atoms with E-state index in [-0.39, 0.29) is 0 Å². The van der Waals surface area contributed by atoms with Crippen LogP contribution in [0, 0.1) is 5.92 Å². The van der Waals surface area contributed by atoms with Gasteiger partial charge in [0, 0.05) is 42.2 Å². The van der Waals surface area contributed by atoms with E-state index in [0.717, 1.165) is 41.7 Å². The molecule has 16 heavy (non-hydrogen) atoms. The quantitative estimate of drug-likeness (QED) is 0.898. The fourth-order valence-corrected chi connectivity index (χ4v) is 2.40. The number of rotatable bonds is 4. The zero-order chi connectivity index (χ0) is 11.5. The molecule has 0 amide bonds. The summed E-state index contributed by atoms with van der Waals surface area (Å²) in [6, 6.07) is 5.57. The molecule has 1 saturated heterocycles. The average molecular weight is 260 g/mol. The van der Waals surface area contributed by atoms with Gasteiger partial charge in [-0.05, 0) is 30.2 Å². The first-order chi connectivity index (χ1) is 7.69. The molecule has 0 bridgehead atoms. The van der Waals surface area contributed by atoms with Gasteiger partial charge in [0.25, 0.3) is 0 Å². The first-order valence-electron chi connectivity index (χ1n) is 5.46. The minimum atomic E-state index is 0.300. The molecule has 1 heterocycles. The topological polar surface area (TPSA) is 23.5 Å². The SMILES string of the molecule is OCC1CN(CCc2cc(Cl)ccc2Cl)C1. The van der Waals surface area contributed by atoms with E-state index in [2.05, 4.69) is 4.90 Å². The van der Waals surface area contributed by atoms with Gasteiger partial charge in [-0.2, -0.15) is 0 Å². The number of nitrogens with zero attached hydrogens (tertiary/aromatic N) is 1. The van der Waals surface area contributed by atoms with E-state index in [4.69, 9.17) is 28.3 Å². The second-order valence-electron chi connectivity index (χ2n) is 4.29. The molecule has 0 atom stereocenters. The Morgan fingerprint density at radius 1 is 1.31 bits per heavy atom. The standard InChI is InChI=1S/C12H15Cl2NO/c13-11-1-2-12(14)10(5-11)3-4-15-6-9(7-15)8-16/h1-2,5,9,16H,3-4,6-8H2. The number of aliphatic hydroxyl groups is 1.